The summed E-state index contributed by atoms with van der Waals surface area (Å²) in [6, 6.07) is 14.7. The average molecular weight is 357 g/mol. The van der Waals surface area contributed by atoms with Crippen LogP contribution in [0.2, 0.25) is 5.02 Å². The van der Waals surface area contributed by atoms with Gasteiger partial charge < -0.3 is 10.2 Å². The Morgan fingerprint density at radius 3 is 2.24 bits per heavy atom. The van der Waals surface area contributed by atoms with Crippen molar-refractivity contribution in [2.45, 2.75) is 19.9 Å². The van der Waals surface area contributed by atoms with Crippen molar-refractivity contribution in [2.75, 3.05) is 12.4 Å². The molecule has 2 aromatic rings. The Morgan fingerprint density at radius 1 is 1.08 bits per heavy atom. The number of hydrogen-bond acceptors (Lipinski definition) is 2. The number of carbonyl (C=O) groups is 2. The lowest BCUT2D eigenvalue weighted by Gasteiger charge is -2.24. The number of nitrogens with one attached hydrogen (secondary N) is 1. The van der Waals surface area contributed by atoms with E-state index in [1.54, 1.807) is 36.2 Å². The van der Waals surface area contributed by atoms with Crippen molar-refractivity contribution in [1.82, 2.24) is 4.90 Å². The summed E-state index contributed by atoms with van der Waals surface area (Å²) in [4.78, 5) is 25.0. The minimum atomic E-state index is -0.115. The number of likely N-dealkylation sites (N-methyl/N-ethyl adjacent to an activating group) is 1. The van der Waals surface area contributed by atoms with Crippen LogP contribution in [0, 0.1) is 0 Å². The fourth-order valence-corrected chi connectivity index (χ4v) is 2.45. The number of hydrogen-bond donors (Lipinski definition) is 1. The third kappa shape index (κ3) is 5.47. The van der Waals surface area contributed by atoms with Crippen LogP contribution in [-0.4, -0.2) is 23.8 Å². The van der Waals surface area contributed by atoms with Crippen LogP contribution >= 0.6 is 11.6 Å². The van der Waals surface area contributed by atoms with E-state index < -0.39 is 0 Å². The van der Waals surface area contributed by atoms with E-state index >= 15 is 0 Å². The van der Waals surface area contributed by atoms with Gasteiger partial charge in [-0.2, -0.15) is 0 Å². The summed E-state index contributed by atoms with van der Waals surface area (Å²) in [5.41, 5.74) is 2.63. The van der Waals surface area contributed by atoms with Gasteiger partial charge in [0.15, 0.2) is 0 Å². The van der Waals surface area contributed by atoms with Crippen LogP contribution in [0.25, 0.3) is 6.08 Å². The lowest BCUT2D eigenvalue weighted by atomic mass is 10.1. The van der Waals surface area contributed by atoms with Gasteiger partial charge in [0.2, 0.25) is 11.8 Å². The Hall–Kier alpha value is -2.59. The molecule has 0 aliphatic rings. The minimum absolute atomic E-state index is 0.0587. The minimum Gasteiger partial charge on any atom is -0.335 e. The van der Waals surface area contributed by atoms with Crippen molar-refractivity contribution in [3.63, 3.8) is 0 Å². The fourth-order valence-electron chi connectivity index (χ4n) is 2.32. The molecule has 2 amide bonds. The summed E-state index contributed by atoms with van der Waals surface area (Å²) in [6.45, 7) is 3.43. The zero-order valence-corrected chi connectivity index (χ0v) is 15.2. The van der Waals surface area contributed by atoms with Gasteiger partial charge in [0.1, 0.15) is 0 Å². The molecule has 25 heavy (non-hydrogen) atoms. The molecule has 0 spiro atoms. The number of nitrogens with zero attached hydrogens (tertiary/aromatic N) is 1. The van der Waals surface area contributed by atoms with Gasteiger partial charge in [0.05, 0.1) is 6.04 Å². The van der Waals surface area contributed by atoms with Crippen molar-refractivity contribution in [2.24, 2.45) is 0 Å². The number of rotatable bonds is 5. The Labute approximate surface area is 153 Å². The monoisotopic (exact) mass is 356 g/mol. The van der Waals surface area contributed by atoms with Crippen LogP contribution in [0.1, 0.15) is 31.0 Å². The molecule has 2 aromatic carbocycles. The van der Waals surface area contributed by atoms with Crippen LogP contribution in [0.15, 0.2) is 54.6 Å². The largest absolute Gasteiger partial charge is 0.335 e. The van der Waals surface area contributed by atoms with Gasteiger partial charge in [-0.15, -0.1) is 0 Å². The molecular formula is C20H21ClN2O2. The standard InChI is InChI=1S/C20H21ClN2O2/c1-14(17-7-9-18(21)10-8-17)23(3)20(25)13-6-16-4-11-19(12-5-16)22-15(2)24/h4-14H,1-3H3,(H,22,24)/b13-6+. The second kappa shape index (κ2) is 8.49. The highest BCUT2D eigenvalue weighted by atomic mass is 35.5. The van der Waals surface area contributed by atoms with Crippen molar-refractivity contribution in [1.29, 1.82) is 0 Å². The number of carbonyl (C=O) groups excluding carboxylic acids is 2. The summed E-state index contributed by atoms with van der Waals surface area (Å²) < 4.78 is 0. The molecule has 0 bridgehead atoms. The highest BCUT2D eigenvalue weighted by molar-refractivity contribution is 6.30. The van der Waals surface area contributed by atoms with Crippen molar-refractivity contribution in [3.05, 3.63) is 70.8 Å². The molecule has 1 atom stereocenters. The van der Waals surface area contributed by atoms with Gasteiger partial charge in [0.25, 0.3) is 0 Å². The molecule has 1 N–H and O–H groups in total. The first-order valence-corrected chi connectivity index (χ1v) is 8.32. The molecule has 0 aromatic heterocycles. The molecule has 0 saturated carbocycles. The molecule has 0 heterocycles. The van der Waals surface area contributed by atoms with Crippen LogP contribution < -0.4 is 5.32 Å². The molecule has 0 aliphatic carbocycles. The van der Waals surface area contributed by atoms with Gasteiger partial charge in [-0.05, 0) is 48.4 Å². The van der Waals surface area contributed by atoms with E-state index in [2.05, 4.69) is 5.32 Å². The maximum Gasteiger partial charge on any atom is 0.246 e. The molecular weight excluding hydrogens is 336 g/mol. The van der Waals surface area contributed by atoms with E-state index in [9.17, 15) is 9.59 Å². The number of amides is 2. The maximum absolute atomic E-state index is 12.4. The molecule has 2 rings (SSSR count). The first-order chi connectivity index (χ1) is 11.9. The quantitative estimate of drug-likeness (QED) is 0.800. The highest BCUT2D eigenvalue weighted by Gasteiger charge is 2.15. The smallest absolute Gasteiger partial charge is 0.246 e. The number of halogens is 1. The van der Waals surface area contributed by atoms with Gasteiger partial charge in [-0.3, -0.25) is 9.59 Å². The van der Waals surface area contributed by atoms with E-state index in [0.29, 0.717) is 5.02 Å². The Bertz CT molecular complexity index is 767. The van der Waals surface area contributed by atoms with Gasteiger partial charge in [-0.25, -0.2) is 0 Å². The molecule has 1 unspecified atom stereocenters. The Kier molecular flexibility index (Phi) is 6.37. The van der Waals surface area contributed by atoms with E-state index in [-0.39, 0.29) is 17.9 Å². The first kappa shape index (κ1) is 18.7. The average Bonchev–Trinajstić information content (AvgIpc) is 2.59. The predicted octanol–water partition coefficient (Wildman–Crippen LogP) is 4.53. The third-order valence-electron chi connectivity index (χ3n) is 3.93. The summed E-state index contributed by atoms with van der Waals surface area (Å²) in [7, 11) is 1.77. The van der Waals surface area contributed by atoms with Crippen molar-refractivity contribution < 1.29 is 9.59 Å². The number of benzene rings is 2. The van der Waals surface area contributed by atoms with Crippen LogP contribution in [0.4, 0.5) is 5.69 Å². The molecule has 4 nitrogen and oxygen atoms in total. The maximum atomic E-state index is 12.4. The normalized spacial score (nSPS) is 12.0. The molecule has 0 radical (unpaired) electrons. The van der Waals surface area contributed by atoms with Crippen LogP contribution in [-0.2, 0) is 9.59 Å². The van der Waals surface area contributed by atoms with Crippen molar-refractivity contribution in [3.8, 4) is 0 Å². The zero-order chi connectivity index (χ0) is 18.4. The van der Waals surface area contributed by atoms with E-state index in [1.165, 1.54) is 6.92 Å². The van der Waals surface area contributed by atoms with Gasteiger partial charge in [-0.1, -0.05) is 35.9 Å². The summed E-state index contributed by atoms with van der Waals surface area (Å²) >= 11 is 5.90. The molecule has 0 fully saturated rings. The molecule has 5 heteroatoms. The van der Waals surface area contributed by atoms with E-state index in [4.69, 9.17) is 11.6 Å². The lowest BCUT2D eigenvalue weighted by molar-refractivity contribution is -0.126. The topological polar surface area (TPSA) is 49.4 Å². The zero-order valence-electron chi connectivity index (χ0n) is 14.5. The fraction of sp³-hybridized carbons (Fsp3) is 0.200. The first-order valence-electron chi connectivity index (χ1n) is 7.95. The van der Waals surface area contributed by atoms with Crippen LogP contribution in [0.5, 0.6) is 0 Å². The molecule has 0 saturated heterocycles. The lowest BCUT2D eigenvalue weighted by Crippen LogP contribution is -2.27. The highest BCUT2D eigenvalue weighted by Crippen LogP contribution is 2.21. The number of anilines is 1. The summed E-state index contributed by atoms with van der Waals surface area (Å²) in [5, 5.41) is 3.38. The molecule has 130 valence electrons. The molecule has 0 aliphatic heterocycles. The Morgan fingerprint density at radius 2 is 1.68 bits per heavy atom. The Balaban J connectivity index is 2.01. The van der Waals surface area contributed by atoms with E-state index in [0.717, 1.165) is 16.8 Å². The van der Waals surface area contributed by atoms with Crippen LogP contribution in [0.3, 0.4) is 0 Å². The second-order valence-corrected chi connectivity index (χ2v) is 6.25. The van der Waals surface area contributed by atoms with E-state index in [1.807, 2.05) is 43.3 Å². The van der Waals surface area contributed by atoms with Gasteiger partial charge in [0, 0.05) is 30.8 Å². The van der Waals surface area contributed by atoms with Gasteiger partial charge >= 0.3 is 0 Å². The predicted molar refractivity (Wildman–Crippen MR) is 102 cm³/mol. The summed E-state index contributed by atoms with van der Waals surface area (Å²) in [5.74, 6) is -0.204. The van der Waals surface area contributed by atoms with Crippen molar-refractivity contribution >= 4 is 35.2 Å². The second-order valence-electron chi connectivity index (χ2n) is 5.81. The SMILES string of the molecule is CC(=O)Nc1ccc(/C=C/C(=O)N(C)C(C)c2ccc(Cl)cc2)cc1. The summed E-state index contributed by atoms with van der Waals surface area (Å²) in [6.07, 6.45) is 3.30. The third-order valence-corrected chi connectivity index (χ3v) is 4.18.